The van der Waals surface area contributed by atoms with E-state index in [9.17, 15) is 8.78 Å². The number of imidazole rings is 1. The van der Waals surface area contributed by atoms with Crippen LogP contribution in [-0.2, 0) is 0 Å². The zero-order chi connectivity index (χ0) is 19.8. The molecule has 1 aliphatic rings. The number of ether oxygens (including phenoxy) is 1. The number of alkyl halides is 2. The Balaban J connectivity index is 1.99. The lowest BCUT2D eigenvalue weighted by Crippen LogP contribution is -2.12. The Hall–Kier alpha value is -3.27. The van der Waals surface area contributed by atoms with Gasteiger partial charge < -0.3 is 9.30 Å². The van der Waals surface area contributed by atoms with Crippen molar-refractivity contribution in [3.63, 3.8) is 0 Å². The standard InChI is InChI=1S/C19H12ClF2N5O/c1-2-10-4-3-5-16(28-19(21)22)17(10)15-9-13(25-26-23)18-24-12-7-6-11(20)8-14(12)27(15)18/h1,3-8,13,15,19H,9H2/t13?,15-/m1/s1. The van der Waals surface area contributed by atoms with Crippen LogP contribution in [0.5, 0.6) is 5.75 Å². The highest BCUT2D eigenvalue weighted by atomic mass is 35.5. The van der Waals surface area contributed by atoms with Crippen molar-refractivity contribution in [3.8, 4) is 18.1 Å². The molecule has 0 saturated heterocycles. The van der Waals surface area contributed by atoms with Crippen molar-refractivity contribution in [2.24, 2.45) is 5.11 Å². The molecule has 0 fully saturated rings. The number of aromatic nitrogens is 2. The molecule has 140 valence electrons. The van der Waals surface area contributed by atoms with E-state index in [1.807, 2.05) is 4.57 Å². The number of hydrogen-bond acceptors (Lipinski definition) is 3. The Kier molecular flexibility index (Phi) is 4.55. The third-order valence-corrected chi connectivity index (χ3v) is 4.93. The number of benzene rings is 2. The monoisotopic (exact) mass is 399 g/mol. The van der Waals surface area contributed by atoms with Gasteiger partial charge in [0.1, 0.15) is 11.6 Å². The average molecular weight is 400 g/mol. The fraction of sp³-hybridized carbons (Fsp3) is 0.211. The first-order valence-electron chi connectivity index (χ1n) is 8.29. The smallest absolute Gasteiger partial charge is 0.387 e. The molecule has 1 unspecified atom stereocenters. The predicted molar refractivity (Wildman–Crippen MR) is 100 cm³/mol. The van der Waals surface area contributed by atoms with Gasteiger partial charge in [0.25, 0.3) is 0 Å². The molecule has 1 aliphatic heterocycles. The van der Waals surface area contributed by atoms with E-state index < -0.39 is 18.7 Å². The molecule has 2 atom stereocenters. The molecular formula is C19H12ClF2N5O. The van der Waals surface area contributed by atoms with Crippen LogP contribution < -0.4 is 4.74 Å². The molecule has 0 bridgehead atoms. The predicted octanol–water partition coefficient (Wildman–Crippen LogP) is 5.62. The van der Waals surface area contributed by atoms with Gasteiger partial charge in [0.2, 0.25) is 0 Å². The van der Waals surface area contributed by atoms with Crippen molar-refractivity contribution >= 4 is 22.6 Å². The summed E-state index contributed by atoms with van der Waals surface area (Å²) in [6, 6.07) is 8.74. The first kappa shape index (κ1) is 18.1. The van der Waals surface area contributed by atoms with Gasteiger partial charge in [-0.3, -0.25) is 0 Å². The summed E-state index contributed by atoms with van der Waals surface area (Å²) < 4.78 is 32.5. The van der Waals surface area contributed by atoms with E-state index in [0.29, 0.717) is 39.4 Å². The molecule has 0 amide bonds. The third-order valence-electron chi connectivity index (χ3n) is 4.70. The number of nitrogens with zero attached hydrogens (tertiary/aromatic N) is 5. The normalized spacial score (nSPS) is 18.0. The van der Waals surface area contributed by atoms with Crippen molar-refractivity contribution in [1.82, 2.24) is 9.55 Å². The minimum absolute atomic E-state index is 0.0214. The van der Waals surface area contributed by atoms with E-state index in [1.165, 1.54) is 6.07 Å². The van der Waals surface area contributed by atoms with Gasteiger partial charge in [0.15, 0.2) is 0 Å². The molecule has 9 heteroatoms. The molecule has 0 N–H and O–H groups in total. The molecule has 0 spiro atoms. The number of hydrogen-bond donors (Lipinski definition) is 0. The molecule has 0 aliphatic carbocycles. The first-order chi connectivity index (χ1) is 13.5. The maximum Gasteiger partial charge on any atom is 0.387 e. The van der Waals surface area contributed by atoms with Crippen LogP contribution in [0.1, 0.15) is 35.5 Å². The largest absolute Gasteiger partial charge is 0.434 e. The topological polar surface area (TPSA) is 75.8 Å². The van der Waals surface area contributed by atoms with Crippen LogP contribution in [0.4, 0.5) is 8.78 Å². The summed E-state index contributed by atoms with van der Waals surface area (Å²) in [5.74, 6) is 3.03. The Morgan fingerprint density at radius 3 is 2.93 bits per heavy atom. The lowest BCUT2D eigenvalue weighted by atomic mass is 9.96. The minimum atomic E-state index is -3.01. The van der Waals surface area contributed by atoms with Crippen LogP contribution in [0, 0.1) is 12.3 Å². The molecule has 0 saturated carbocycles. The minimum Gasteiger partial charge on any atom is -0.434 e. The zero-order valence-corrected chi connectivity index (χ0v) is 15.0. The highest BCUT2D eigenvalue weighted by Crippen LogP contribution is 2.46. The molecule has 2 heterocycles. The van der Waals surface area contributed by atoms with Crippen LogP contribution in [-0.4, -0.2) is 16.2 Å². The second kappa shape index (κ2) is 7.04. The average Bonchev–Trinajstić information content (AvgIpc) is 3.19. The van der Waals surface area contributed by atoms with Crippen LogP contribution in [0.15, 0.2) is 41.5 Å². The Morgan fingerprint density at radius 2 is 2.21 bits per heavy atom. The number of rotatable bonds is 4. The Morgan fingerprint density at radius 1 is 1.39 bits per heavy atom. The van der Waals surface area contributed by atoms with E-state index in [2.05, 4.69) is 20.9 Å². The van der Waals surface area contributed by atoms with E-state index in [1.54, 1.807) is 30.3 Å². The van der Waals surface area contributed by atoms with E-state index >= 15 is 0 Å². The molecule has 6 nitrogen and oxygen atoms in total. The summed E-state index contributed by atoms with van der Waals surface area (Å²) >= 11 is 6.15. The molecule has 4 rings (SSSR count). The number of terminal acetylenes is 1. The van der Waals surface area contributed by atoms with Crippen molar-refractivity contribution in [2.45, 2.75) is 25.1 Å². The maximum atomic E-state index is 13.0. The Bertz CT molecular complexity index is 1160. The highest BCUT2D eigenvalue weighted by molar-refractivity contribution is 6.31. The van der Waals surface area contributed by atoms with Crippen LogP contribution in [0.25, 0.3) is 21.5 Å². The second-order valence-electron chi connectivity index (χ2n) is 6.19. The lowest BCUT2D eigenvalue weighted by Gasteiger charge is -2.20. The van der Waals surface area contributed by atoms with Crippen LogP contribution in [0.2, 0.25) is 5.02 Å². The van der Waals surface area contributed by atoms with Gasteiger partial charge in [-0.25, -0.2) is 4.98 Å². The summed E-state index contributed by atoms with van der Waals surface area (Å²) in [5, 5.41) is 4.32. The van der Waals surface area contributed by atoms with Crippen molar-refractivity contribution in [2.75, 3.05) is 0 Å². The second-order valence-corrected chi connectivity index (χ2v) is 6.62. The summed E-state index contributed by atoms with van der Waals surface area (Å²) in [7, 11) is 0. The van der Waals surface area contributed by atoms with Crippen molar-refractivity contribution in [3.05, 3.63) is 68.8 Å². The van der Waals surface area contributed by atoms with E-state index in [0.717, 1.165) is 0 Å². The third kappa shape index (κ3) is 2.91. The summed E-state index contributed by atoms with van der Waals surface area (Å²) in [4.78, 5) is 7.45. The van der Waals surface area contributed by atoms with Gasteiger partial charge in [-0.15, -0.1) is 6.42 Å². The fourth-order valence-corrected chi connectivity index (χ4v) is 3.86. The van der Waals surface area contributed by atoms with Gasteiger partial charge in [0.05, 0.1) is 23.1 Å². The van der Waals surface area contributed by atoms with Crippen LogP contribution >= 0.6 is 11.6 Å². The molecule has 28 heavy (non-hydrogen) atoms. The first-order valence-corrected chi connectivity index (χ1v) is 8.67. The molecule has 1 aromatic heterocycles. The van der Waals surface area contributed by atoms with Gasteiger partial charge in [-0.05, 0) is 42.3 Å². The quantitative estimate of drug-likeness (QED) is 0.247. The molecule has 0 radical (unpaired) electrons. The lowest BCUT2D eigenvalue weighted by molar-refractivity contribution is -0.0507. The fourth-order valence-electron chi connectivity index (χ4n) is 3.69. The highest BCUT2D eigenvalue weighted by Gasteiger charge is 2.37. The van der Waals surface area contributed by atoms with E-state index in [4.69, 9.17) is 28.3 Å². The van der Waals surface area contributed by atoms with Gasteiger partial charge in [-0.2, -0.15) is 8.78 Å². The Labute approximate surface area is 163 Å². The van der Waals surface area contributed by atoms with Gasteiger partial charge in [-0.1, -0.05) is 28.7 Å². The number of fused-ring (bicyclic) bond motifs is 3. The van der Waals surface area contributed by atoms with E-state index in [-0.39, 0.29) is 5.75 Å². The summed E-state index contributed by atoms with van der Waals surface area (Å²) in [5.41, 5.74) is 11.1. The van der Waals surface area contributed by atoms with Gasteiger partial charge in [0, 0.05) is 21.1 Å². The number of halogens is 3. The summed E-state index contributed by atoms with van der Waals surface area (Å²) in [6.45, 7) is -3.01. The molecule has 2 aromatic carbocycles. The van der Waals surface area contributed by atoms with Crippen molar-refractivity contribution in [1.29, 1.82) is 0 Å². The summed E-state index contributed by atoms with van der Waals surface area (Å²) in [6.07, 6.45) is 5.93. The van der Waals surface area contributed by atoms with Gasteiger partial charge >= 0.3 is 6.61 Å². The number of azide groups is 1. The SMILES string of the molecule is C#Cc1cccc(OC(F)F)c1[C@H]1CC(N=[N+]=[N-])c2nc3ccc(Cl)cc3n21. The van der Waals surface area contributed by atoms with Crippen LogP contribution in [0.3, 0.4) is 0 Å². The zero-order valence-electron chi connectivity index (χ0n) is 14.3. The maximum absolute atomic E-state index is 13.0. The van der Waals surface area contributed by atoms with Crippen molar-refractivity contribution < 1.29 is 13.5 Å². The molecule has 3 aromatic rings. The molecular weight excluding hydrogens is 388 g/mol.